The molecule has 1 saturated heterocycles. The summed E-state index contributed by atoms with van der Waals surface area (Å²) in [7, 11) is 0. The Balaban J connectivity index is 2.05. The zero-order chi connectivity index (χ0) is 11.5. The van der Waals surface area contributed by atoms with Gasteiger partial charge in [0.2, 0.25) is 0 Å². The Morgan fingerprint density at radius 2 is 2.38 bits per heavy atom. The van der Waals surface area contributed by atoms with E-state index >= 15 is 0 Å². The number of hydrogen-bond donors (Lipinski definition) is 1. The molecule has 0 aliphatic carbocycles. The number of nitrogens with zero attached hydrogens (tertiary/aromatic N) is 3. The largest absolute Gasteiger partial charge is 0.395 e. The quantitative estimate of drug-likeness (QED) is 0.847. The van der Waals surface area contributed by atoms with Crippen LogP contribution >= 0.6 is 0 Å². The van der Waals surface area contributed by atoms with E-state index in [2.05, 4.69) is 4.98 Å². The molecule has 2 rings (SSSR count). The summed E-state index contributed by atoms with van der Waals surface area (Å²) in [5.41, 5.74) is 0. The van der Waals surface area contributed by atoms with Crippen molar-refractivity contribution in [1.29, 1.82) is 0 Å². The fourth-order valence-electron chi connectivity index (χ4n) is 2.14. The minimum atomic E-state index is -2.55. The molecule has 16 heavy (non-hydrogen) atoms. The second-order valence-electron chi connectivity index (χ2n) is 3.98. The van der Waals surface area contributed by atoms with Gasteiger partial charge in [0.15, 0.2) is 0 Å². The Morgan fingerprint density at radius 3 is 3.06 bits per heavy atom. The maximum atomic E-state index is 12.6. The van der Waals surface area contributed by atoms with Crippen LogP contribution in [0.5, 0.6) is 0 Å². The minimum Gasteiger partial charge on any atom is -0.395 e. The highest BCUT2D eigenvalue weighted by Gasteiger charge is 2.25. The van der Waals surface area contributed by atoms with Crippen molar-refractivity contribution in [3.8, 4) is 0 Å². The van der Waals surface area contributed by atoms with E-state index in [1.165, 1.54) is 12.4 Å². The summed E-state index contributed by atoms with van der Waals surface area (Å²) in [5.74, 6) is 0.357. The molecule has 4 nitrogen and oxygen atoms in total. The van der Waals surface area contributed by atoms with Crippen LogP contribution in [-0.2, 0) is 6.54 Å². The summed E-state index contributed by atoms with van der Waals surface area (Å²) < 4.78 is 26.0. The zero-order valence-corrected chi connectivity index (χ0v) is 8.89. The molecule has 0 unspecified atom stereocenters. The third-order valence-corrected chi connectivity index (χ3v) is 3.01. The number of likely N-dealkylation sites (tertiary alicyclic amines) is 1. The van der Waals surface area contributed by atoms with Crippen molar-refractivity contribution in [1.82, 2.24) is 14.5 Å². The lowest BCUT2D eigenvalue weighted by atomic mass is 10.2. The number of halogens is 2. The van der Waals surface area contributed by atoms with Crippen molar-refractivity contribution < 1.29 is 13.9 Å². The molecule has 1 aromatic heterocycles. The number of aromatic nitrogens is 2. The molecule has 0 radical (unpaired) electrons. The van der Waals surface area contributed by atoms with Crippen LogP contribution < -0.4 is 0 Å². The summed E-state index contributed by atoms with van der Waals surface area (Å²) in [6.07, 6.45) is 4.59. The van der Waals surface area contributed by atoms with E-state index in [1.54, 1.807) is 0 Å². The van der Waals surface area contributed by atoms with Gasteiger partial charge >= 0.3 is 6.55 Å². The van der Waals surface area contributed by atoms with Crippen LogP contribution in [0.15, 0.2) is 12.4 Å². The van der Waals surface area contributed by atoms with Gasteiger partial charge in [-0.3, -0.25) is 9.47 Å². The Bertz CT molecular complexity index is 343. The van der Waals surface area contributed by atoms with Crippen LogP contribution in [-0.4, -0.2) is 38.8 Å². The Morgan fingerprint density at radius 1 is 1.56 bits per heavy atom. The molecule has 0 amide bonds. The SMILES string of the molecule is OC[C@H]1CCCN1Cc1nccn1C(F)F. The Kier molecular flexibility index (Phi) is 3.50. The number of imidazole rings is 1. The van der Waals surface area contributed by atoms with Gasteiger partial charge in [0.1, 0.15) is 5.82 Å². The van der Waals surface area contributed by atoms with E-state index in [4.69, 9.17) is 5.11 Å². The first-order valence-electron chi connectivity index (χ1n) is 5.37. The van der Waals surface area contributed by atoms with Crippen molar-refractivity contribution in [3.63, 3.8) is 0 Å². The van der Waals surface area contributed by atoms with Gasteiger partial charge in [-0.05, 0) is 19.4 Å². The van der Waals surface area contributed by atoms with Gasteiger partial charge < -0.3 is 5.11 Å². The van der Waals surface area contributed by atoms with Crippen molar-refractivity contribution in [3.05, 3.63) is 18.2 Å². The minimum absolute atomic E-state index is 0.0788. The molecule has 1 fully saturated rings. The van der Waals surface area contributed by atoms with Crippen molar-refractivity contribution >= 4 is 0 Å². The first-order valence-corrected chi connectivity index (χ1v) is 5.37. The molecule has 0 saturated carbocycles. The molecule has 1 aliphatic heterocycles. The molecule has 1 atom stereocenters. The van der Waals surface area contributed by atoms with Gasteiger partial charge in [-0.15, -0.1) is 0 Å². The van der Waals surface area contributed by atoms with Gasteiger partial charge in [-0.2, -0.15) is 8.78 Å². The van der Waals surface area contributed by atoms with Crippen LogP contribution in [0.25, 0.3) is 0 Å². The smallest absolute Gasteiger partial charge is 0.319 e. The Labute approximate surface area is 92.5 Å². The number of aliphatic hydroxyl groups excluding tert-OH is 1. The predicted molar refractivity (Wildman–Crippen MR) is 54.0 cm³/mol. The number of rotatable bonds is 4. The van der Waals surface area contributed by atoms with E-state index in [-0.39, 0.29) is 12.6 Å². The summed E-state index contributed by atoms with van der Waals surface area (Å²) in [6, 6.07) is 0.0859. The van der Waals surface area contributed by atoms with Gasteiger partial charge in [-0.1, -0.05) is 0 Å². The highest BCUT2D eigenvalue weighted by molar-refractivity contribution is 4.94. The van der Waals surface area contributed by atoms with E-state index in [0.717, 1.165) is 24.0 Å². The second kappa shape index (κ2) is 4.88. The van der Waals surface area contributed by atoms with E-state index in [1.807, 2.05) is 4.90 Å². The van der Waals surface area contributed by atoms with Crippen LogP contribution in [0.1, 0.15) is 25.2 Å². The number of hydrogen-bond acceptors (Lipinski definition) is 3. The monoisotopic (exact) mass is 231 g/mol. The maximum Gasteiger partial charge on any atom is 0.319 e. The summed E-state index contributed by atoms with van der Waals surface area (Å²) in [4.78, 5) is 5.93. The van der Waals surface area contributed by atoms with Crippen LogP contribution in [0.3, 0.4) is 0 Å². The molecular formula is C10H15F2N3O. The maximum absolute atomic E-state index is 12.6. The van der Waals surface area contributed by atoms with Crippen molar-refractivity contribution in [2.24, 2.45) is 0 Å². The fourth-order valence-corrected chi connectivity index (χ4v) is 2.14. The Hall–Kier alpha value is -1.01. The van der Waals surface area contributed by atoms with Gasteiger partial charge in [-0.25, -0.2) is 4.98 Å². The molecule has 1 N–H and O–H groups in total. The van der Waals surface area contributed by atoms with Crippen molar-refractivity contribution in [2.75, 3.05) is 13.2 Å². The highest BCUT2D eigenvalue weighted by Crippen LogP contribution is 2.20. The normalized spacial score (nSPS) is 22.1. The first-order chi connectivity index (χ1) is 7.72. The molecule has 90 valence electrons. The fraction of sp³-hybridized carbons (Fsp3) is 0.700. The van der Waals surface area contributed by atoms with Crippen LogP contribution in [0, 0.1) is 0 Å². The summed E-state index contributed by atoms with van der Waals surface area (Å²) in [5, 5.41) is 9.13. The summed E-state index contributed by atoms with van der Waals surface area (Å²) in [6.45, 7) is -1.26. The van der Waals surface area contributed by atoms with E-state index in [0.29, 0.717) is 12.4 Å². The number of alkyl halides is 2. The van der Waals surface area contributed by atoms with Gasteiger partial charge in [0.25, 0.3) is 0 Å². The van der Waals surface area contributed by atoms with Gasteiger partial charge in [0.05, 0.1) is 13.2 Å². The molecule has 1 aliphatic rings. The van der Waals surface area contributed by atoms with Crippen LogP contribution in [0.2, 0.25) is 0 Å². The number of aliphatic hydroxyl groups is 1. The third-order valence-electron chi connectivity index (χ3n) is 3.01. The summed E-state index contributed by atoms with van der Waals surface area (Å²) >= 11 is 0. The van der Waals surface area contributed by atoms with E-state index in [9.17, 15) is 8.78 Å². The second-order valence-corrected chi connectivity index (χ2v) is 3.98. The van der Waals surface area contributed by atoms with E-state index < -0.39 is 6.55 Å². The molecule has 0 aromatic carbocycles. The van der Waals surface area contributed by atoms with Crippen LogP contribution in [0.4, 0.5) is 8.78 Å². The van der Waals surface area contributed by atoms with Crippen molar-refractivity contribution in [2.45, 2.75) is 32.0 Å². The highest BCUT2D eigenvalue weighted by atomic mass is 19.3. The first kappa shape index (κ1) is 11.5. The standard InChI is InChI=1S/C10H15F2N3O/c11-10(12)15-5-3-13-9(15)6-14-4-1-2-8(14)7-16/h3,5,8,10,16H,1-2,4,6-7H2/t8-/m1/s1. The molecule has 1 aromatic rings. The topological polar surface area (TPSA) is 41.3 Å². The van der Waals surface area contributed by atoms with Gasteiger partial charge in [0, 0.05) is 18.4 Å². The lowest BCUT2D eigenvalue weighted by Crippen LogP contribution is -2.32. The average Bonchev–Trinajstić information content (AvgIpc) is 2.86. The lowest BCUT2D eigenvalue weighted by Gasteiger charge is -2.22. The zero-order valence-electron chi connectivity index (χ0n) is 8.89. The predicted octanol–water partition coefficient (Wildman–Crippen LogP) is 1.23. The molecule has 2 heterocycles. The third kappa shape index (κ3) is 2.22. The lowest BCUT2D eigenvalue weighted by molar-refractivity contribution is 0.0621. The molecular weight excluding hydrogens is 216 g/mol. The molecule has 6 heteroatoms. The molecule has 0 spiro atoms. The average molecular weight is 231 g/mol. The molecule has 0 bridgehead atoms.